The Bertz CT molecular complexity index is 565. The highest BCUT2D eigenvalue weighted by Crippen LogP contribution is 1.97. The lowest BCUT2D eigenvalue weighted by molar-refractivity contribution is 0.0891. The first-order chi connectivity index (χ1) is 8.66. The van der Waals surface area contributed by atoms with Crippen molar-refractivity contribution >= 4 is 12.6 Å². The van der Waals surface area contributed by atoms with Gasteiger partial charge in [0.2, 0.25) is 0 Å². The van der Waals surface area contributed by atoms with Crippen LogP contribution in [0.2, 0.25) is 0 Å². The molecule has 0 saturated heterocycles. The third kappa shape index (κ3) is 3.00. The Morgan fingerprint density at radius 2 is 1.83 bits per heavy atom. The van der Waals surface area contributed by atoms with E-state index in [1.54, 1.807) is 36.4 Å². The molecule has 6 heteroatoms. The molecule has 2 rings (SSSR count). The molecular formula is C12H12BNO4. The molecule has 0 atom stereocenters. The summed E-state index contributed by atoms with van der Waals surface area (Å²) in [5.41, 5.74) is 1.01. The van der Waals surface area contributed by atoms with E-state index in [1.165, 1.54) is 12.3 Å². The third-order valence-corrected chi connectivity index (χ3v) is 2.44. The van der Waals surface area contributed by atoms with E-state index in [9.17, 15) is 4.79 Å². The highest BCUT2D eigenvalue weighted by Gasteiger charge is 2.09. The van der Waals surface area contributed by atoms with Gasteiger partial charge in [-0.15, -0.1) is 0 Å². The second-order valence-electron chi connectivity index (χ2n) is 3.75. The third-order valence-electron chi connectivity index (χ3n) is 2.44. The van der Waals surface area contributed by atoms with Crippen molar-refractivity contribution in [2.45, 2.75) is 6.61 Å². The maximum Gasteiger partial charge on any atom is 0.488 e. The molecule has 18 heavy (non-hydrogen) atoms. The Labute approximate surface area is 104 Å². The zero-order chi connectivity index (χ0) is 13.0. The monoisotopic (exact) mass is 245 g/mol. The number of benzene rings is 1. The Hall–Kier alpha value is -2.05. The summed E-state index contributed by atoms with van der Waals surface area (Å²) in [6.07, 6.45) is 1.54. The van der Waals surface area contributed by atoms with E-state index in [1.807, 2.05) is 0 Å². The summed E-state index contributed by atoms with van der Waals surface area (Å²) in [4.78, 5) is 16.7. The van der Waals surface area contributed by atoms with E-state index < -0.39 is 7.12 Å². The standard InChI is InChI=1S/C12H12BNO4/c15-12-3-1-2-8-14(12)18-9-10-4-6-11(7-5-10)13(16)17/h1-8,16-17H,9H2. The van der Waals surface area contributed by atoms with Gasteiger partial charge in [0.1, 0.15) is 6.61 Å². The van der Waals surface area contributed by atoms with Crippen LogP contribution in [0.4, 0.5) is 0 Å². The lowest BCUT2D eigenvalue weighted by Crippen LogP contribution is -2.29. The Kier molecular flexibility index (Phi) is 3.81. The molecule has 2 N–H and O–H groups in total. The highest BCUT2D eigenvalue weighted by molar-refractivity contribution is 6.58. The van der Waals surface area contributed by atoms with Crippen molar-refractivity contribution in [1.82, 2.24) is 4.73 Å². The van der Waals surface area contributed by atoms with E-state index in [0.29, 0.717) is 5.46 Å². The molecule has 0 saturated carbocycles. The summed E-state index contributed by atoms with van der Waals surface area (Å²) >= 11 is 0. The topological polar surface area (TPSA) is 71.7 Å². The van der Waals surface area contributed by atoms with Gasteiger partial charge in [0.15, 0.2) is 0 Å². The Morgan fingerprint density at radius 1 is 1.11 bits per heavy atom. The van der Waals surface area contributed by atoms with Crippen LogP contribution in [0.3, 0.4) is 0 Å². The molecule has 0 aliphatic carbocycles. The summed E-state index contributed by atoms with van der Waals surface area (Å²) in [7, 11) is -1.48. The maximum absolute atomic E-state index is 11.4. The van der Waals surface area contributed by atoms with Gasteiger partial charge in [0.25, 0.3) is 5.56 Å². The summed E-state index contributed by atoms with van der Waals surface area (Å²) in [6.45, 7) is 0.228. The molecule has 1 aromatic carbocycles. The molecule has 0 unspecified atom stereocenters. The van der Waals surface area contributed by atoms with Gasteiger partial charge in [0.05, 0.1) is 0 Å². The molecule has 0 spiro atoms. The van der Waals surface area contributed by atoms with Crippen molar-refractivity contribution in [2.24, 2.45) is 0 Å². The predicted octanol–water partition coefficient (Wildman–Crippen LogP) is -0.843. The van der Waals surface area contributed by atoms with E-state index in [0.717, 1.165) is 10.3 Å². The van der Waals surface area contributed by atoms with Crippen LogP contribution >= 0.6 is 0 Å². The van der Waals surface area contributed by atoms with Crippen LogP contribution in [0, 0.1) is 0 Å². The molecular weight excluding hydrogens is 233 g/mol. The summed E-state index contributed by atoms with van der Waals surface area (Å²) in [5, 5.41) is 17.9. The molecule has 1 aromatic heterocycles. The fraction of sp³-hybridized carbons (Fsp3) is 0.0833. The highest BCUT2D eigenvalue weighted by atomic mass is 16.7. The van der Waals surface area contributed by atoms with Gasteiger partial charge in [0, 0.05) is 12.3 Å². The minimum atomic E-state index is -1.48. The molecule has 0 bridgehead atoms. The SMILES string of the molecule is O=c1ccccn1OCc1ccc(B(O)O)cc1. The first-order valence-electron chi connectivity index (χ1n) is 5.43. The molecule has 0 radical (unpaired) electrons. The van der Waals surface area contributed by atoms with Gasteiger partial charge in [-0.2, -0.15) is 4.73 Å². The molecule has 5 nitrogen and oxygen atoms in total. The molecule has 92 valence electrons. The lowest BCUT2D eigenvalue weighted by atomic mass is 9.80. The number of nitrogens with zero attached hydrogens (tertiary/aromatic N) is 1. The zero-order valence-electron chi connectivity index (χ0n) is 9.56. The summed E-state index contributed by atoms with van der Waals surface area (Å²) < 4.78 is 1.15. The van der Waals surface area contributed by atoms with Crippen molar-refractivity contribution in [1.29, 1.82) is 0 Å². The van der Waals surface area contributed by atoms with Gasteiger partial charge in [-0.05, 0) is 17.1 Å². The largest absolute Gasteiger partial charge is 0.488 e. The first kappa shape index (κ1) is 12.4. The van der Waals surface area contributed by atoms with E-state index in [-0.39, 0.29) is 12.2 Å². The normalized spacial score (nSPS) is 10.1. The van der Waals surface area contributed by atoms with Crippen molar-refractivity contribution in [3.05, 3.63) is 64.6 Å². The van der Waals surface area contributed by atoms with Crippen LogP contribution in [-0.2, 0) is 6.61 Å². The number of rotatable bonds is 4. The van der Waals surface area contributed by atoms with Crippen LogP contribution in [0.25, 0.3) is 0 Å². The molecule has 1 heterocycles. The van der Waals surface area contributed by atoms with E-state index >= 15 is 0 Å². The molecule has 0 aliphatic rings. The average molecular weight is 245 g/mol. The van der Waals surface area contributed by atoms with Crippen molar-refractivity contribution in [3.8, 4) is 0 Å². The van der Waals surface area contributed by atoms with Gasteiger partial charge in [-0.3, -0.25) is 4.79 Å². The van der Waals surface area contributed by atoms with Crippen molar-refractivity contribution < 1.29 is 14.9 Å². The summed E-state index contributed by atoms with van der Waals surface area (Å²) in [6, 6.07) is 11.4. The molecule has 0 fully saturated rings. The van der Waals surface area contributed by atoms with Crippen LogP contribution in [0.1, 0.15) is 5.56 Å². The number of hydrogen-bond acceptors (Lipinski definition) is 4. The average Bonchev–Trinajstić information content (AvgIpc) is 2.38. The summed E-state index contributed by atoms with van der Waals surface area (Å²) in [5.74, 6) is 0. The number of pyridine rings is 1. The van der Waals surface area contributed by atoms with Gasteiger partial charge in [-0.1, -0.05) is 30.3 Å². The second-order valence-corrected chi connectivity index (χ2v) is 3.75. The van der Waals surface area contributed by atoms with E-state index in [2.05, 4.69) is 0 Å². The van der Waals surface area contributed by atoms with Gasteiger partial charge >= 0.3 is 7.12 Å². The van der Waals surface area contributed by atoms with Gasteiger partial charge < -0.3 is 14.9 Å². The van der Waals surface area contributed by atoms with Crippen LogP contribution in [0.15, 0.2) is 53.5 Å². The number of aromatic nitrogens is 1. The zero-order valence-corrected chi connectivity index (χ0v) is 9.56. The van der Waals surface area contributed by atoms with Crippen molar-refractivity contribution in [3.63, 3.8) is 0 Å². The second kappa shape index (κ2) is 5.53. The van der Waals surface area contributed by atoms with E-state index in [4.69, 9.17) is 14.9 Å². The minimum Gasteiger partial charge on any atom is -0.423 e. The quantitative estimate of drug-likeness (QED) is 0.689. The maximum atomic E-state index is 11.4. The first-order valence-corrected chi connectivity index (χ1v) is 5.43. The predicted molar refractivity (Wildman–Crippen MR) is 67.3 cm³/mol. The van der Waals surface area contributed by atoms with Crippen LogP contribution in [-0.4, -0.2) is 21.9 Å². The minimum absolute atomic E-state index is 0.228. The van der Waals surface area contributed by atoms with Crippen LogP contribution in [0.5, 0.6) is 0 Å². The van der Waals surface area contributed by atoms with Crippen LogP contribution < -0.4 is 15.9 Å². The fourth-order valence-electron chi connectivity index (χ4n) is 1.45. The number of hydrogen-bond donors (Lipinski definition) is 2. The molecule has 2 aromatic rings. The Balaban J connectivity index is 2.03. The van der Waals surface area contributed by atoms with Crippen molar-refractivity contribution in [2.75, 3.05) is 0 Å². The Morgan fingerprint density at radius 3 is 2.44 bits per heavy atom. The lowest BCUT2D eigenvalue weighted by Gasteiger charge is -2.08. The fourth-order valence-corrected chi connectivity index (χ4v) is 1.45. The van der Waals surface area contributed by atoms with Gasteiger partial charge in [-0.25, -0.2) is 0 Å². The molecule has 0 amide bonds. The molecule has 0 aliphatic heterocycles. The smallest absolute Gasteiger partial charge is 0.423 e.